The zero-order valence-corrected chi connectivity index (χ0v) is 13.7. The van der Waals surface area contributed by atoms with Crippen molar-refractivity contribution in [3.8, 4) is 0 Å². The molecule has 22 heavy (non-hydrogen) atoms. The van der Waals surface area contributed by atoms with Gasteiger partial charge in [0.2, 0.25) is 5.91 Å². The lowest BCUT2D eigenvalue weighted by molar-refractivity contribution is -0.128. The summed E-state index contributed by atoms with van der Waals surface area (Å²) in [6.45, 7) is 13.1. The van der Waals surface area contributed by atoms with Gasteiger partial charge in [-0.2, -0.15) is 5.10 Å². The average Bonchev–Trinajstić information content (AvgIpc) is 2.46. The molecule has 0 radical (unpaired) electrons. The van der Waals surface area contributed by atoms with E-state index in [1.807, 2.05) is 38.1 Å². The fraction of sp³-hybridized carbons (Fsp3) is 0.294. The van der Waals surface area contributed by atoms with Crippen molar-refractivity contribution in [3.05, 3.63) is 53.9 Å². The van der Waals surface area contributed by atoms with Crippen LogP contribution in [0.2, 0.25) is 0 Å². The van der Waals surface area contributed by atoms with Gasteiger partial charge in [-0.25, -0.2) is 5.01 Å². The van der Waals surface area contributed by atoms with E-state index >= 15 is 0 Å². The molecule has 1 unspecified atom stereocenters. The zero-order valence-electron chi connectivity index (χ0n) is 13.7. The number of hydrogen-bond acceptors (Lipinski definition) is 4. The van der Waals surface area contributed by atoms with E-state index in [9.17, 15) is 4.79 Å². The standard InChI is InChI=1S/C17H24N4O/c1-12-8-7-9-16(10-12)21(19-5)14(3)11-13(2)20(6)17(22)15(4)18/h7-11,15H,2,5,18H2,1,3-4,6H3/b14-11+. The number of anilines is 1. The maximum absolute atomic E-state index is 11.9. The van der Waals surface area contributed by atoms with Crippen molar-refractivity contribution in [1.29, 1.82) is 0 Å². The highest BCUT2D eigenvalue weighted by Gasteiger charge is 2.15. The first-order valence-corrected chi connectivity index (χ1v) is 7.01. The van der Waals surface area contributed by atoms with Gasteiger partial charge in [-0.15, -0.1) is 0 Å². The zero-order chi connectivity index (χ0) is 16.9. The molecule has 0 heterocycles. The molecule has 0 bridgehead atoms. The van der Waals surface area contributed by atoms with Gasteiger partial charge in [0.25, 0.3) is 0 Å². The Labute approximate surface area is 132 Å². The van der Waals surface area contributed by atoms with E-state index in [0.29, 0.717) is 5.70 Å². The van der Waals surface area contributed by atoms with Gasteiger partial charge in [-0.1, -0.05) is 18.7 Å². The number of nitrogens with zero attached hydrogens (tertiary/aromatic N) is 3. The summed E-state index contributed by atoms with van der Waals surface area (Å²) < 4.78 is 0. The molecule has 1 amide bonds. The Balaban J connectivity index is 3.01. The summed E-state index contributed by atoms with van der Waals surface area (Å²) in [5, 5.41) is 5.73. The Morgan fingerprint density at radius 2 is 2.09 bits per heavy atom. The Morgan fingerprint density at radius 3 is 2.59 bits per heavy atom. The Kier molecular flexibility index (Phi) is 6.07. The van der Waals surface area contributed by atoms with E-state index in [1.54, 1.807) is 25.1 Å². The molecule has 1 atom stereocenters. The topological polar surface area (TPSA) is 61.9 Å². The minimum Gasteiger partial charge on any atom is -0.320 e. The van der Waals surface area contributed by atoms with E-state index < -0.39 is 6.04 Å². The molecule has 0 aromatic heterocycles. The lowest BCUT2D eigenvalue weighted by atomic mass is 10.2. The number of hydrogen-bond donors (Lipinski definition) is 1. The Morgan fingerprint density at radius 1 is 1.45 bits per heavy atom. The van der Waals surface area contributed by atoms with E-state index in [1.165, 1.54) is 4.90 Å². The second kappa shape index (κ2) is 7.56. The van der Waals surface area contributed by atoms with Crippen LogP contribution in [0.5, 0.6) is 0 Å². The van der Waals surface area contributed by atoms with Crippen molar-refractivity contribution < 1.29 is 4.79 Å². The van der Waals surface area contributed by atoms with Gasteiger partial charge in [0.1, 0.15) is 0 Å². The average molecular weight is 300 g/mol. The first kappa shape index (κ1) is 17.7. The normalized spacial score (nSPS) is 12.5. The number of amides is 1. The monoisotopic (exact) mass is 300 g/mol. The SMILES string of the molecule is C=NN(/C(C)=C/C(=C)N(C)C(=O)C(C)N)c1cccc(C)c1. The summed E-state index contributed by atoms with van der Waals surface area (Å²) in [5.74, 6) is -0.192. The van der Waals surface area contributed by atoms with Crippen LogP contribution in [0.3, 0.4) is 0 Å². The Hall–Kier alpha value is -2.40. The molecule has 2 N–H and O–H groups in total. The largest absolute Gasteiger partial charge is 0.320 e. The van der Waals surface area contributed by atoms with Gasteiger partial charge in [0.15, 0.2) is 0 Å². The van der Waals surface area contributed by atoms with E-state index in [0.717, 1.165) is 16.9 Å². The maximum Gasteiger partial charge on any atom is 0.243 e. The number of aryl methyl sites for hydroxylation is 1. The lowest BCUT2D eigenvalue weighted by Crippen LogP contribution is -2.38. The molecule has 0 aliphatic rings. The Bertz CT molecular complexity index is 604. The third-order valence-electron chi connectivity index (χ3n) is 3.25. The van der Waals surface area contributed by atoms with Gasteiger partial charge in [0, 0.05) is 25.2 Å². The molecule has 118 valence electrons. The molecule has 5 heteroatoms. The van der Waals surface area contributed by atoms with Crippen LogP contribution in [0.15, 0.2) is 53.4 Å². The molecule has 0 aliphatic carbocycles. The van der Waals surface area contributed by atoms with Crippen LogP contribution in [0.25, 0.3) is 0 Å². The summed E-state index contributed by atoms with van der Waals surface area (Å²) in [6.07, 6.45) is 1.78. The quantitative estimate of drug-likeness (QED) is 0.499. The highest BCUT2D eigenvalue weighted by atomic mass is 16.2. The van der Waals surface area contributed by atoms with Crippen molar-refractivity contribution in [3.63, 3.8) is 0 Å². The number of nitrogens with two attached hydrogens (primary N) is 1. The van der Waals surface area contributed by atoms with Crippen molar-refractivity contribution in [2.75, 3.05) is 12.1 Å². The first-order chi connectivity index (χ1) is 10.3. The third-order valence-corrected chi connectivity index (χ3v) is 3.25. The van der Waals surface area contributed by atoms with Gasteiger partial charge < -0.3 is 10.6 Å². The molecule has 1 rings (SSSR count). The summed E-state index contributed by atoms with van der Waals surface area (Å²) in [4.78, 5) is 13.3. The van der Waals surface area contributed by atoms with Gasteiger partial charge in [-0.3, -0.25) is 4.79 Å². The summed E-state index contributed by atoms with van der Waals surface area (Å²) >= 11 is 0. The second-order valence-electron chi connectivity index (χ2n) is 5.26. The molecule has 1 aromatic carbocycles. The first-order valence-electron chi connectivity index (χ1n) is 7.01. The highest BCUT2D eigenvalue weighted by Crippen LogP contribution is 2.21. The molecule has 0 spiro atoms. The van der Waals surface area contributed by atoms with Crippen molar-refractivity contribution in [2.24, 2.45) is 10.8 Å². The van der Waals surface area contributed by atoms with Crippen molar-refractivity contribution in [1.82, 2.24) is 4.90 Å². The molecule has 1 aromatic rings. The van der Waals surface area contributed by atoms with Crippen molar-refractivity contribution >= 4 is 18.3 Å². The van der Waals surface area contributed by atoms with Gasteiger partial charge in [-0.05, 0) is 44.5 Å². The van der Waals surface area contributed by atoms with E-state index in [2.05, 4.69) is 18.4 Å². The predicted octanol–water partition coefficient (Wildman–Crippen LogP) is 2.64. The number of hydrazone groups is 1. The van der Waals surface area contributed by atoms with Crippen LogP contribution in [0.1, 0.15) is 19.4 Å². The van der Waals surface area contributed by atoms with Crippen LogP contribution in [0.4, 0.5) is 5.69 Å². The summed E-state index contributed by atoms with van der Waals surface area (Å²) in [7, 11) is 1.65. The predicted molar refractivity (Wildman–Crippen MR) is 92.5 cm³/mol. The summed E-state index contributed by atoms with van der Waals surface area (Å²) in [6, 6.07) is 7.35. The molecular weight excluding hydrogens is 276 g/mol. The minimum absolute atomic E-state index is 0.192. The molecule has 0 fully saturated rings. The fourth-order valence-corrected chi connectivity index (χ4v) is 2.00. The van der Waals surface area contributed by atoms with Gasteiger partial charge >= 0.3 is 0 Å². The third kappa shape index (κ3) is 4.30. The van der Waals surface area contributed by atoms with Crippen LogP contribution >= 0.6 is 0 Å². The lowest BCUT2D eigenvalue weighted by Gasteiger charge is -2.23. The smallest absolute Gasteiger partial charge is 0.243 e. The number of allylic oxidation sites excluding steroid dienone is 2. The van der Waals surface area contributed by atoms with Crippen LogP contribution in [-0.2, 0) is 4.79 Å². The fourth-order valence-electron chi connectivity index (χ4n) is 2.00. The number of benzene rings is 1. The number of carbonyl (C=O) groups is 1. The van der Waals surface area contributed by atoms with Gasteiger partial charge in [0.05, 0.1) is 11.7 Å². The van der Waals surface area contributed by atoms with Crippen LogP contribution < -0.4 is 10.7 Å². The number of likely N-dealkylation sites (N-methyl/N-ethyl adjacent to an activating group) is 1. The number of rotatable bonds is 6. The highest BCUT2D eigenvalue weighted by molar-refractivity contribution is 5.83. The maximum atomic E-state index is 11.9. The van der Waals surface area contributed by atoms with Crippen molar-refractivity contribution in [2.45, 2.75) is 26.8 Å². The number of carbonyl (C=O) groups excluding carboxylic acids is 1. The molecular formula is C17H24N4O. The molecule has 5 nitrogen and oxygen atoms in total. The summed E-state index contributed by atoms with van der Waals surface area (Å²) in [5.41, 5.74) is 8.98. The minimum atomic E-state index is -0.569. The van der Waals surface area contributed by atoms with E-state index in [-0.39, 0.29) is 5.91 Å². The van der Waals surface area contributed by atoms with Crippen LogP contribution in [0, 0.1) is 6.92 Å². The van der Waals surface area contributed by atoms with E-state index in [4.69, 9.17) is 5.73 Å². The second-order valence-corrected chi connectivity index (χ2v) is 5.26. The molecule has 0 aliphatic heterocycles. The molecule has 0 saturated carbocycles. The molecule has 0 saturated heterocycles. The van der Waals surface area contributed by atoms with Crippen LogP contribution in [-0.4, -0.2) is 30.6 Å².